The Balaban J connectivity index is 2.11. The van der Waals surface area contributed by atoms with Crippen LogP contribution in [0.4, 0.5) is 11.4 Å². The molecule has 124 valence electrons. The van der Waals surface area contributed by atoms with E-state index >= 15 is 0 Å². The van der Waals surface area contributed by atoms with Gasteiger partial charge >= 0.3 is 5.97 Å². The van der Waals surface area contributed by atoms with Crippen LogP contribution in [0.5, 0.6) is 5.75 Å². The van der Waals surface area contributed by atoms with Gasteiger partial charge in [-0.2, -0.15) is 10.2 Å². The highest BCUT2D eigenvalue weighted by molar-refractivity contribution is 5.94. The first-order valence-electron chi connectivity index (χ1n) is 7.37. The Labute approximate surface area is 138 Å². The Bertz CT molecular complexity index is 770. The van der Waals surface area contributed by atoms with Crippen molar-refractivity contribution < 1.29 is 19.8 Å². The smallest absolute Gasteiger partial charge is 0.339 e. The van der Waals surface area contributed by atoms with E-state index in [4.69, 9.17) is 5.11 Å². The Kier molecular flexibility index (Phi) is 5.62. The lowest BCUT2D eigenvalue weighted by Gasteiger charge is -2.03. The molecule has 0 unspecified atom stereocenters. The molecule has 0 aliphatic carbocycles. The normalized spacial score (nSPS) is 10.7. The van der Waals surface area contributed by atoms with Gasteiger partial charge < -0.3 is 15.5 Å². The highest BCUT2D eigenvalue weighted by Crippen LogP contribution is 2.25. The third kappa shape index (κ3) is 4.39. The molecule has 2 rings (SSSR count). The molecule has 0 radical (unpaired) electrons. The number of nitrogens with zero attached hydrogens (tertiary/aromatic N) is 2. The summed E-state index contributed by atoms with van der Waals surface area (Å²) in [6.07, 6.45) is 0.864. The molecule has 0 aliphatic heterocycles. The van der Waals surface area contributed by atoms with Crippen LogP contribution in [0, 0.1) is 0 Å². The van der Waals surface area contributed by atoms with Gasteiger partial charge in [-0.05, 0) is 48.9 Å². The van der Waals surface area contributed by atoms with Crippen LogP contribution in [0.25, 0.3) is 0 Å². The fourth-order valence-electron chi connectivity index (χ4n) is 1.89. The molecular formula is C17H17N3O4. The summed E-state index contributed by atoms with van der Waals surface area (Å²) in [5.41, 5.74) is 1.11. The second-order valence-corrected chi connectivity index (χ2v) is 5.01. The van der Waals surface area contributed by atoms with Gasteiger partial charge in [0.25, 0.3) is 5.91 Å². The molecule has 2 aromatic rings. The molecule has 0 aliphatic rings. The van der Waals surface area contributed by atoms with Gasteiger partial charge in [0, 0.05) is 12.1 Å². The maximum Gasteiger partial charge on any atom is 0.339 e. The minimum Gasteiger partial charge on any atom is -0.507 e. The van der Waals surface area contributed by atoms with Crippen molar-refractivity contribution in [3.8, 4) is 5.75 Å². The van der Waals surface area contributed by atoms with Crippen molar-refractivity contribution in [2.75, 3.05) is 6.54 Å². The van der Waals surface area contributed by atoms with Crippen LogP contribution >= 0.6 is 0 Å². The van der Waals surface area contributed by atoms with Crippen LogP contribution < -0.4 is 5.32 Å². The third-order valence-electron chi connectivity index (χ3n) is 3.16. The fourth-order valence-corrected chi connectivity index (χ4v) is 1.89. The number of carboxylic acids is 1. The molecule has 0 aromatic heterocycles. The van der Waals surface area contributed by atoms with Gasteiger partial charge in [-0.15, -0.1) is 0 Å². The van der Waals surface area contributed by atoms with E-state index in [9.17, 15) is 14.7 Å². The van der Waals surface area contributed by atoms with Crippen LogP contribution in [0.1, 0.15) is 34.1 Å². The molecule has 2 aromatic carbocycles. The average Bonchev–Trinajstić information content (AvgIpc) is 2.59. The first-order valence-corrected chi connectivity index (χ1v) is 7.37. The minimum absolute atomic E-state index is 0.148. The van der Waals surface area contributed by atoms with Crippen LogP contribution in [0.3, 0.4) is 0 Å². The number of hydrogen-bond donors (Lipinski definition) is 3. The number of azo groups is 1. The predicted molar refractivity (Wildman–Crippen MR) is 88.3 cm³/mol. The first-order chi connectivity index (χ1) is 11.5. The van der Waals surface area contributed by atoms with Crippen molar-refractivity contribution in [1.29, 1.82) is 0 Å². The summed E-state index contributed by atoms with van der Waals surface area (Å²) >= 11 is 0. The summed E-state index contributed by atoms with van der Waals surface area (Å²) in [6.45, 7) is 2.59. The Hall–Kier alpha value is -3.22. The zero-order chi connectivity index (χ0) is 17.5. The van der Waals surface area contributed by atoms with E-state index in [0.29, 0.717) is 23.5 Å². The SMILES string of the molecule is CCCNC(=O)c1ccc(N=Nc2ccc(O)c(C(=O)O)c2)cc1. The van der Waals surface area contributed by atoms with Gasteiger partial charge in [-0.3, -0.25) is 4.79 Å². The number of benzene rings is 2. The van der Waals surface area contributed by atoms with Crippen LogP contribution in [0.15, 0.2) is 52.7 Å². The van der Waals surface area contributed by atoms with E-state index in [-0.39, 0.29) is 17.2 Å². The lowest BCUT2D eigenvalue weighted by atomic mass is 10.2. The molecule has 24 heavy (non-hydrogen) atoms. The molecule has 0 saturated heterocycles. The summed E-state index contributed by atoms with van der Waals surface area (Å²) in [5, 5.41) is 29.1. The fraction of sp³-hybridized carbons (Fsp3) is 0.176. The van der Waals surface area contributed by atoms with E-state index < -0.39 is 5.97 Å². The molecule has 7 nitrogen and oxygen atoms in total. The van der Waals surface area contributed by atoms with Crippen molar-refractivity contribution in [2.24, 2.45) is 10.2 Å². The zero-order valence-corrected chi connectivity index (χ0v) is 13.1. The number of hydrogen-bond acceptors (Lipinski definition) is 5. The number of amides is 1. The molecule has 1 amide bonds. The van der Waals surface area contributed by atoms with Crippen LogP contribution in [0.2, 0.25) is 0 Å². The summed E-state index contributed by atoms with van der Waals surface area (Å²) in [5.74, 6) is -1.72. The first kappa shape index (κ1) is 17.1. The maximum atomic E-state index is 11.8. The average molecular weight is 327 g/mol. The number of aromatic hydroxyl groups is 1. The maximum absolute atomic E-state index is 11.8. The lowest BCUT2D eigenvalue weighted by Crippen LogP contribution is -2.23. The molecule has 0 atom stereocenters. The van der Waals surface area contributed by atoms with Gasteiger partial charge in [0.05, 0.1) is 11.4 Å². The lowest BCUT2D eigenvalue weighted by molar-refractivity contribution is 0.0693. The van der Waals surface area contributed by atoms with Gasteiger partial charge in [0.1, 0.15) is 11.3 Å². The van der Waals surface area contributed by atoms with E-state index in [0.717, 1.165) is 6.42 Å². The summed E-state index contributed by atoms with van der Waals surface area (Å²) in [7, 11) is 0. The second-order valence-electron chi connectivity index (χ2n) is 5.01. The number of carboxylic acid groups (broad SMARTS) is 1. The summed E-state index contributed by atoms with van der Waals surface area (Å²) < 4.78 is 0. The van der Waals surface area contributed by atoms with Crippen molar-refractivity contribution in [3.63, 3.8) is 0 Å². The van der Waals surface area contributed by atoms with Crippen molar-refractivity contribution in [1.82, 2.24) is 5.32 Å². The topological polar surface area (TPSA) is 111 Å². The molecule has 0 heterocycles. The van der Waals surface area contributed by atoms with Crippen molar-refractivity contribution in [3.05, 3.63) is 53.6 Å². The van der Waals surface area contributed by atoms with Crippen molar-refractivity contribution in [2.45, 2.75) is 13.3 Å². The number of aromatic carboxylic acids is 1. The van der Waals surface area contributed by atoms with Crippen LogP contribution in [-0.4, -0.2) is 28.6 Å². The van der Waals surface area contributed by atoms with Gasteiger partial charge in [-0.1, -0.05) is 6.92 Å². The predicted octanol–water partition coefficient (Wildman–Crippen LogP) is 3.65. The molecule has 0 saturated carbocycles. The quantitative estimate of drug-likeness (QED) is 0.703. The highest BCUT2D eigenvalue weighted by atomic mass is 16.4. The number of carbonyl (C=O) groups is 2. The number of carbonyl (C=O) groups excluding carboxylic acids is 1. The molecule has 0 bridgehead atoms. The zero-order valence-electron chi connectivity index (χ0n) is 13.1. The van der Waals surface area contributed by atoms with E-state index in [2.05, 4.69) is 15.5 Å². The minimum atomic E-state index is -1.24. The molecule has 0 spiro atoms. The second kappa shape index (κ2) is 7.87. The van der Waals surface area contributed by atoms with Crippen LogP contribution in [-0.2, 0) is 0 Å². The molecular weight excluding hydrogens is 310 g/mol. The molecule has 3 N–H and O–H groups in total. The largest absolute Gasteiger partial charge is 0.507 e. The Morgan fingerprint density at radius 3 is 2.29 bits per heavy atom. The summed E-state index contributed by atoms with van der Waals surface area (Å²) in [4.78, 5) is 22.7. The molecule has 7 heteroatoms. The Morgan fingerprint density at radius 2 is 1.67 bits per heavy atom. The highest BCUT2D eigenvalue weighted by Gasteiger charge is 2.10. The monoisotopic (exact) mass is 327 g/mol. The van der Waals surface area contributed by atoms with E-state index in [1.165, 1.54) is 18.2 Å². The standard InChI is InChI=1S/C17H17N3O4/c1-2-9-18-16(22)11-3-5-12(6-4-11)19-20-13-7-8-15(21)14(10-13)17(23)24/h3-8,10,21H,2,9H2,1H3,(H,18,22)(H,23,24). The number of phenols is 1. The Morgan fingerprint density at radius 1 is 1.04 bits per heavy atom. The van der Waals surface area contributed by atoms with E-state index in [1.807, 2.05) is 6.92 Å². The third-order valence-corrected chi connectivity index (χ3v) is 3.16. The van der Waals surface area contributed by atoms with E-state index in [1.54, 1.807) is 24.3 Å². The number of nitrogens with one attached hydrogen (secondary N) is 1. The number of rotatable bonds is 6. The van der Waals surface area contributed by atoms with Crippen molar-refractivity contribution >= 4 is 23.3 Å². The van der Waals surface area contributed by atoms with Gasteiger partial charge in [0.15, 0.2) is 0 Å². The molecule has 0 fully saturated rings. The van der Waals surface area contributed by atoms with Gasteiger partial charge in [-0.25, -0.2) is 4.79 Å². The summed E-state index contributed by atoms with van der Waals surface area (Å²) in [6, 6.07) is 10.5. The van der Waals surface area contributed by atoms with Gasteiger partial charge in [0.2, 0.25) is 0 Å².